The van der Waals surface area contributed by atoms with Crippen molar-refractivity contribution in [3.8, 4) is 0 Å². The molecule has 0 aliphatic heterocycles. The van der Waals surface area contributed by atoms with Gasteiger partial charge in [-0.25, -0.2) is 0 Å². The molecule has 2 nitrogen and oxygen atoms in total. The average Bonchev–Trinajstić information content (AvgIpc) is 2.61. The second-order valence-corrected chi connectivity index (χ2v) is 3.48. The fraction of sp³-hybridized carbons (Fsp3) is 0.250. The predicted molar refractivity (Wildman–Crippen MR) is 60.1 cm³/mol. The summed E-state index contributed by atoms with van der Waals surface area (Å²) in [5.41, 5.74) is 9.32. The highest BCUT2D eigenvalue weighted by atomic mass is 14.7. The third kappa shape index (κ3) is 1.53. The molecule has 2 rings (SSSR count). The Morgan fingerprint density at radius 2 is 2.21 bits per heavy atom. The Kier molecular flexibility index (Phi) is 2.55. The lowest BCUT2D eigenvalue weighted by Gasteiger charge is -1.99. The Labute approximate surface area is 84.1 Å². The van der Waals surface area contributed by atoms with E-state index in [1.54, 1.807) is 0 Å². The van der Waals surface area contributed by atoms with Crippen LogP contribution in [0.15, 0.2) is 24.4 Å². The molecule has 0 bridgehead atoms. The average molecular weight is 187 g/mol. The van der Waals surface area contributed by atoms with Gasteiger partial charge in [-0.1, -0.05) is 6.07 Å². The molecule has 1 aromatic carbocycles. The molecule has 3 N–H and O–H groups in total. The van der Waals surface area contributed by atoms with Crippen LogP contribution in [0.3, 0.4) is 0 Å². The summed E-state index contributed by atoms with van der Waals surface area (Å²) >= 11 is 0. The predicted octanol–water partition coefficient (Wildman–Crippen LogP) is 2.05. The van der Waals surface area contributed by atoms with Gasteiger partial charge in [-0.15, -0.1) is 0 Å². The van der Waals surface area contributed by atoms with Gasteiger partial charge in [-0.2, -0.15) is 0 Å². The van der Waals surface area contributed by atoms with Gasteiger partial charge in [0, 0.05) is 17.1 Å². The molecule has 1 heterocycles. The minimum Gasteiger partial charge on any atom is -0.361 e. The molecule has 0 saturated heterocycles. The topological polar surface area (TPSA) is 41.8 Å². The number of fused-ring (bicyclic) bond motifs is 1. The molecule has 1 aromatic heterocycles. The largest absolute Gasteiger partial charge is 0.361 e. The summed E-state index contributed by atoms with van der Waals surface area (Å²) in [6, 6.07) is 6.41. The highest BCUT2D eigenvalue weighted by molar-refractivity contribution is 5.83. The maximum absolute atomic E-state index is 5.56. The van der Waals surface area contributed by atoms with Gasteiger partial charge < -0.3 is 10.7 Å². The van der Waals surface area contributed by atoms with Gasteiger partial charge >= 0.3 is 0 Å². The highest BCUT2D eigenvalue weighted by Gasteiger charge is 2.02. The second kappa shape index (κ2) is 3.84. The zero-order chi connectivity index (χ0) is 9.97. The lowest BCUT2D eigenvalue weighted by molar-refractivity contribution is 0.976. The van der Waals surface area contributed by atoms with Gasteiger partial charge in [0.25, 0.3) is 0 Å². The van der Waals surface area contributed by atoms with Gasteiger partial charge in [0.15, 0.2) is 0 Å². The first-order valence-corrected chi connectivity index (χ1v) is 4.93. The van der Waals surface area contributed by atoms with Crippen LogP contribution in [-0.4, -0.2) is 11.5 Å². The number of nitrogens with one attached hydrogen (secondary N) is 1. The van der Waals surface area contributed by atoms with Crippen LogP contribution in [0, 0.1) is 6.92 Å². The number of nitrogens with two attached hydrogens (primary N) is 1. The van der Waals surface area contributed by atoms with Crippen LogP contribution in [0.1, 0.15) is 11.1 Å². The summed E-state index contributed by atoms with van der Waals surface area (Å²) in [6.45, 7) is 4.58. The van der Waals surface area contributed by atoms with Gasteiger partial charge in [-0.05, 0) is 49.6 Å². The number of benzene rings is 1. The zero-order valence-corrected chi connectivity index (χ0v) is 8.22. The Balaban J connectivity index is 2.52. The maximum Gasteiger partial charge on any atom is 0.0456 e. The third-order valence-electron chi connectivity index (χ3n) is 2.53. The van der Waals surface area contributed by atoms with Crippen LogP contribution in [0.4, 0.5) is 0 Å². The van der Waals surface area contributed by atoms with E-state index >= 15 is 0 Å². The van der Waals surface area contributed by atoms with Crippen LogP contribution in [0.25, 0.3) is 10.9 Å². The van der Waals surface area contributed by atoms with E-state index in [2.05, 4.69) is 30.1 Å². The molecule has 2 aromatic rings. The molecule has 73 valence electrons. The normalized spacial score (nSPS) is 11.0. The summed E-state index contributed by atoms with van der Waals surface area (Å²) in [5, 5.41) is 1.29. The van der Waals surface area contributed by atoms with Gasteiger partial charge in [-0.3, -0.25) is 0 Å². The molecule has 0 amide bonds. The fourth-order valence-electron chi connectivity index (χ4n) is 1.74. The van der Waals surface area contributed by atoms with Crippen molar-refractivity contribution in [3.63, 3.8) is 0 Å². The quantitative estimate of drug-likeness (QED) is 0.758. The molecule has 0 atom stereocenters. The molecular weight excluding hydrogens is 172 g/mol. The molecular formula is C12H15N2. The van der Waals surface area contributed by atoms with Crippen LogP contribution in [0.5, 0.6) is 0 Å². The van der Waals surface area contributed by atoms with Gasteiger partial charge in [0.1, 0.15) is 0 Å². The van der Waals surface area contributed by atoms with Crippen LogP contribution >= 0.6 is 0 Å². The van der Waals surface area contributed by atoms with Crippen molar-refractivity contribution < 1.29 is 0 Å². The van der Waals surface area contributed by atoms with Crippen molar-refractivity contribution in [1.29, 1.82) is 0 Å². The molecule has 0 aliphatic carbocycles. The Bertz CT molecular complexity index is 429. The van der Waals surface area contributed by atoms with E-state index in [-0.39, 0.29) is 0 Å². The third-order valence-corrected chi connectivity index (χ3v) is 2.53. The van der Waals surface area contributed by atoms with E-state index < -0.39 is 0 Å². The maximum atomic E-state index is 5.56. The van der Waals surface area contributed by atoms with E-state index in [1.807, 2.05) is 6.20 Å². The smallest absolute Gasteiger partial charge is 0.0456 e. The van der Waals surface area contributed by atoms with E-state index in [0.717, 1.165) is 12.8 Å². The molecule has 0 spiro atoms. The monoisotopic (exact) mass is 187 g/mol. The van der Waals surface area contributed by atoms with E-state index in [0.29, 0.717) is 6.54 Å². The second-order valence-electron chi connectivity index (χ2n) is 3.48. The lowest BCUT2D eigenvalue weighted by Crippen LogP contribution is -2.01. The first-order valence-electron chi connectivity index (χ1n) is 4.93. The molecule has 0 saturated carbocycles. The Hall–Kier alpha value is -1.28. The summed E-state index contributed by atoms with van der Waals surface area (Å²) in [7, 11) is 0. The van der Waals surface area contributed by atoms with Crippen molar-refractivity contribution in [2.45, 2.75) is 12.8 Å². The number of aromatic nitrogens is 1. The summed E-state index contributed by atoms with van der Waals surface area (Å²) in [4.78, 5) is 3.25. The standard InChI is InChI=1S/C12H15N2/c1-2-9-3-4-12-11(7-9)10(5-6-13)8-14-12/h3-4,7-8,14H,1-2,5-6,13H2. The molecule has 0 fully saturated rings. The van der Waals surface area contributed by atoms with Crippen LogP contribution in [-0.2, 0) is 12.8 Å². The van der Waals surface area contributed by atoms with Crippen molar-refractivity contribution in [2.75, 3.05) is 6.54 Å². The minimum absolute atomic E-state index is 0.696. The molecule has 2 heteroatoms. The van der Waals surface area contributed by atoms with Crippen molar-refractivity contribution in [1.82, 2.24) is 4.98 Å². The molecule has 14 heavy (non-hydrogen) atoms. The number of H-pyrrole nitrogens is 1. The SMILES string of the molecule is [CH2]Cc1ccc2[nH]cc(CCN)c2c1. The summed E-state index contributed by atoms with van der Waals surface area (Å²) in [6.07, 6.45) is 3.81. The first-order chi connectivity index (χ1) is 6.85. The zero-order valence-electron chi connectivity index (χ0n) is 8.22. The van der Waals surface area contributed by atoms with E-state index in [9.17, 15) is 0 Å². The molecule has 1 radical (unpaired) electrons. The first kappa shape index (κ1) is 9.28. The van der Waals surface area contributed by atoms with Gasteiger partial charge in [0.2, 0.25) is 0 Å². The van der Waals surface area contributed by atoms with E-state index in [1.165, 1.54) is 22.0 Å². The molecule has 0 unspecified atom stereocenters. The number of hydrogen-bond donors (Lipinski definition) is 2. The van der Waals surface area contributed by atoms with Crippen LogP contribution < -0.4 is 5.73 Å². The summed E-state index contributed by atoms with van der Waals surface area (Å²) in [5.74, 6) is 0. The van der Waals surface area contributed by atoms with E-state index in [4.69, 9.17) is 5.73 Å². The summed E-state index contributed by atoms with van der Waals surface area (Å²) < 4.78 is 0. The lowest BCUT2D eigenvalue weighted by atomic mass is 10.1. The Morgan fingerprint density at radius 1 is 1.36 bits per heavy atom. The number of rotatable bonds is 3. The fourth-order valence-corrected chi connectivity index (χ4v) is 1.74. The van der Waals surface area contributed by atoms with Crippen molar-refractivity contribution in [3.05, 3.63) is 42.4 Å². The Morgan fingerprint density at radius 3 is 2.93 bits per heavy atom. The van der Waals surface area contributed by atoms with Gasteiger partial charge in [0.05, 0.1) is 0 Å². The van der Waals surface area contributed by atoms with Crippen LogP contribution in [0.2, 0.25) is 0 Å². The number of hydrogen-bond acceptors (Lipinski definition) is 1. The number of aromatic amines is 1. The minimum atomic E-state index is 0.696. The van der Waals surface area contributed by atoms with Crippen molar-refractivity contribution >= 4 is 10.9 Å². The van der Waals surface area contributed by atoms with Crippen molar-refractivity contribution in [2.24, 2.45) is 5.73 Å². The molecule has 0 aliphatic rings. The highest BCUT2D eigenvalue weighted by Crippen LogP contribution is 2.20.